The summed E-state index contributed by atoms with van der Waals surface area (Å²) in [6, 6.07) is 2.59. The van der Waals surface area contributed by atoms with Gasteiger partial charge in [0.15, 0.2) is 0 Å². The molecule has 0 spiro atoms. The molecule has 0 saturated heterocycles. The van der Waals surface area contributed by atoms with Gasteiger partial charge in [-0.1, -0.05) is 30.9 Å². The molecule has 0 N–H and O–H groups in total. The molecule has 0 radical (unpaired) electrons. The molecule has 2 rings (SSSR count). The minimum Gasteiger partial charge on any atom is -0.456 e. The highest BCUT2D eigenvalue weighted by Gasteiger charge is 2.22. The summed E-state index contributed by atoms with van der Waals surface area (Å²) in [7, 11) is 0. The number of hydrogen-bond donors (Lipinski definition) is 0. The van der Waals surface area contributed by atoms with Gasteiger partial charge in [0.25, 0.3) is 0 Å². The second-order valence-corrected chi connectivity index (χ2v) is 7.40. The Balaban J connectivity index is 2.05. The Morgan fingerprint density at radius 2 is 1.91 bits per heavy atom. The lowest BCUT2D eigenvalue weighted by Crippen LogP contribution is -2.24. The van der Waals surface area contributed by atoms with E-state index in [0.717, 1.165) is 12.8 Å². The Kier molecular flexibility index (Phi) is 6.04. The van der Waals surface area contributed by atoms with Crippen LogP contribution in [-0.2, 0) is 16.1 Å². The minimum atomic E-state index is -0.711. The van der Waals surface area contributed by atoms with E-state index in [1.54, 1.807) is 20.8 Å². The third kappa shape index (κ3) is 5.47. The van der Waals surface area contributed by atoms with E-state index in [2.05, 4.69) is 0 Å². The molecule has 0 heterocycles. The number of hydrogen-bond acceptors (Lipinski definition) is 3. The SMILES string of the molecule is CC(C)(C)OC(=O)c1cc(Cl)c(COC2CCCCC2)cc1F. The van der Waals surface area contributed by atoms with Crippen molar-refractivity contribution < 1.29 is 18.7 Å². The molecule has 0 bridgehead atoms. The highest BCUT2D eigenvalue weighted by Crippen LogP contribution is 2.26. The van der Waals surface area contributed by atoms with Crippen LogP contribution < -0.4 is 0 Å². The molecule has 23 heavy (non-hydrogen) atoms. The van der Waals surface area contributed by atoms with Crippen molar-refractivity contribution in [3.05, 3.63) is 34.1 Å². The summed E-state index contributed by atoms with van der Waals surface area (Å²) in [5, 5.41) is 0.322. The van der Waals surface area contributed by atoms with Gasteiger partial charge in [0.2, 0.25) is 0 Å². The summed E-state index contributed by atoms with van der Waals surface area (Å²) in [5.41, 5.74) is -0.271. The Hall–Kier alpha value is -1.13. The Bertz CT molecular complexity index is 560. The molecule has 128 valence electrons. The maximum absolute atomic E-state index is 14.2. The Morgan fingerprint density at radius 3 is 2.52 bits per heavy atom. The van der Waals surface area contributed by atoms with E-state index >= 15 is 0 Å². The molecule has 0 aromatic heterocycles. The van der Waals surface area contributed by atoms with Gasteiger partial charge in [-0.05, 0) is 51.3 Å². The highest BCUT2D eigenvalue weighted by molar-refractivity contribution is 6.31. The van der Waals surface area contributed by atoms with E-state index in [4.69, 9.17) is 21.1 Å². The van der Waals surface area contributed by atoms with Gasteiger partial charge in [0.05, 0.1) is 18.3 Å². The minimum absolute atomic E-state index is 0.147. The second kappa shape index (κ2) is 7.63. The first kappa shape index (κ1) is 18.2. The number of halogens is 2. The molecule has 1 aromatic rings. The fourth-order valence-electron chi connectivity index (χ4n) is 2.63. The maximum Gasteiger partial charge on any atom is 0.341 e. The van der Waals surface area contributed by atoms with Crippen LogP contribution in [0.15, 0.2) is 12.1 Å². The van der Waals surface area contributed by atoms with Crippen LogP contribution in [0.25, 0.3) is 0 Å². The average molecular weight is 343 g/mol. The van der Waals surface area contributed by atoms with E-state index in [9.17, 15) is 9.18 Å². The zero-order valence-electron chi connectivity index (χ0n) is 14.0. The van der Waals surface area contributed by atoms with E-state index < -0.39 is 17.4 Å². The van der Waals surface area contributed by atoms with Crippen LogP contribution in [0.5, 0.6) is 0 Å². The molecule has 1 saturated carbocycles. The third-order valence-corrected chi connectivity index (χ3v) is 4.13. The van der Waals surface area contributed by atoms with E-state index in [1.807, 2.05) is 0 Å². The number of rotatable bonds is 4. The smallest absolute Gasteiger partial charge is 0.341 e. The second-order valence-electron chi connectivity index (χ2n) is 7.00. The number of esters is 1. The van der Waals surface area contributed by atoms with Gasteiger partial charge in [-0.15, -0.1) is 0 Å². The number of carbonyl (C=O) groups excluding carboxylic acids is 1. The molecule has 0 unspecified atom stereocenters. The standard InChI is InChI=1S/C18H24ClFO3/c1-18(2,3)23-17(21)14-10-15(19)12(9-16(14)20)11-22-13-7-5-4-6-8-13/h9-10,13H,4-8,11H2,1-3H3. The van der Waals surface area contributed by atoms with E-state index in [0.29, 0.717) is 10.6 Å². The fraction of sp³-hybridized carbons (Fsp3) is 0.611. The highest BCUT2D eigenvalue weighted by atomic mass is 35.5. The van der Waals surface area contributed by atoms with Gasteiger partial charge in [-0.25, -0.2) is 9.18 Å². The summed E-state index contributed by atoms with van der Waals surface area (Å²) in [6.07, 6.45) is 5.88. The molecule has 1 aliphatic rings. The summed E-state index contributed by atoms with van der Waals surface area (Å²) in [6.45, 7) is 5.46. The fourth-order valence-corrected chi connectivity index (χ4v) is 2.85. The van der Waals surface area contributed by atoms with Crippen LogP contribution in [0.3, 0.4) is 0 Å². The van der Waals surface area contributed by atoms with Crippen molar-refractivity contribution in [2.45, 2.75) is 71.2 Å². The van der Waals surface area contributed by atoms with Crippen LogP contribution in [-0.4, -0.2) is 17.7 Å². The predicted octanol–water partition coefficient (Wildman–Crippen LogP) is 5.28. The Labute approximate surface area is 142 Å². The number of ether oxygens (including phenoxy) is 2. The molecule has 5 heteroatoms. The molecule has 0 amide bonds. The molecule has 1 aromatic carbocycles. The van der Waals surface area contributed by atoms with Crippen molar-refractivity contribution in [1.29, 1.82) is 0 Å². The number of benzene rings is 1. The van der Waals surface area contributed by atoms with Gasteiger partial charge in [-0.3, -0.25) is 0 Å². The van der Waals surface area contributed by atoms with Crippen LogP contribution in [0.2, 0.25) is 5.02 Å². The summed E-state index contributed by atoms with van der Waals surface area (Å²) in [4.78, 5) is 12.0. The van der Waals surface area contributed by atoms with Crippen molar-refractivity contribution >= 4 is 17.6 Å². The van der Waals surface area contributed by atoms with Crippen molar-refractivity contribution in [3.8, 4) is 0 Å². The molecule has 1 aliphatic carbocycles. The molecule has 0 atom stereocenters. The van der Waals surface area contributed by atoms with Crippen molar-refractivity contribution in [1.82, 2.24) is 0 Å². The number of carbonyl (C=O) groups is 1. The summed E-state index contributed by atoms with van der Waals surface area (Å²) >= 11 is 6.18. The normalized spacial score (nSPS) is 16.4. The van der Waals surface area contributed by atoms with E-state index in [-0.39, 0.29) is 18.3 Å². The van der Waals surface area contributed by atoms with Crippen LogP contribution in [0.4, 0.5) is 4.39 Å². The first-order valence-electron chi connectivity index (χ1n) is 8.09. The van der Waals surface area contributed by atoms with Gasteiger partial charge < -0.3 is 9.47 Å². The first-order chi connectivity index (χ1) is 10.8. The van der Waals surface area contributed by atoms with Gasteiger partial charge in [-0.2, -0.15) is 0 Å². The Morgan fingerprint density at radius 1 is 1.26 bits per heavy atom. The predicted molar refractivity (Wildman–Crippen MR) is 88.2 cm³/mol. The maximum atomic E-state index is 14.2. The van der Waals surface area contributed by atoms with Crippen LogP contribution in [0.1, 0.15) is 68.8 Å². The molecule has 3 nitrogen and oxygen atoms in total. The summed E-state index contributed by atoms with van der Waals surface area (Å²) < 4.78 is 25.2. The van der Waals surface area contributed by atoms with Crippen molar-refractivity contribution in [2.75, 3.05) is 0 Å². The van der Waals surface area contributed by atoms with Crippen LogP contribution >= 0.6 is 11.6 Å². The van der Waals surface area contributed by atoms with Crippen LogP contribution in [0, 0.1) is 5.82 Å². The monoisotopic (exact) mass is 342 g/mol. The third-order valence-electron chi connectivity index (χ3n) is 3.78. The quantitative estimate of drug-likeness (QED) is 0.698. The first-order valence-corrected chi connectivity index (χ1v) is 8.47. The average Bonchev–Trinajstić information content (AvgIpc) is 2.47. The summed E-state index contributed by atoms with van der Waals surface area (Å²) in [5.74, 6) is -1.34. The van der Waals surface area contributed by atoms with Crippen molar-refractivity contribution in [2.24, 2.45) is 0 Å². The lowest BCUT2D eigenvalue weighted by Gasteiger charge is -2.22. The zero-order chi connectivity index (χ0) is 17.0. The zero-order valence-corrected chi connectivity index (χ0v) is 14.7. The topological polar surface area (TPSA) is 35.5 Å². The largest absolute Gasteiger partial charge is 0.456 e. The van der Waals surface area contributed by atoms with Gasteiger partial charge in [0, 0.05) is 5.02 Å². The molecule has 1 fully saturated rings. The lowest BCUT2D eigenvalue weighted by molar-refractivity contribution is 0.00629. The molecule has 0 aliphatic heterocycles. The van der Waals surface area contributed by atoms with Gasteiger partial charge in [0.1, 0.15) is 11.4 Å². The lowest BCUT2D eigenvalue weighted by atomic mass is 9.98. The molecular weight excluding hydrogens is 319 g/mol. The van der Waals surface area contributed by atoms with Crippen molar-refractivity contribution in [3.63, 3.8) is 0 Å². The van der Waals surface area contributed by atoms with E-state index in [1.165, 1.54) is 31.4 Å². The van der Waals surface area contributed by atoms with Gasteiger partial charge >= 0.3 is 5.97 Å². The molecular formula is C18H24ClFO3.